The Hall–Kier alpha value is -2.77. The first kappa shape index (κ1) is 21.0. The average molecular weight is 399 g/mol. The maximum atomic E-state index is 12.6. The molecule has 0 spiro atoms. The second kappa shape index (κ2) is 9.62. The molecule has 2 aromatic heterocycles. The summed E-state index contributed by atoms with van der Waals surface area (Å²) in [6.45, 7) is 7.52. The van der Waals surface area contributed by atoms with Gasteiger partial charge in [-0.2, -0.15) is 4.98 Å². The summed E-state index contributed by atoms with van der Waals surface area (Å²) >= 11 is 0. The van der Waals surface area contributed by atoms with Crippen LogP contribution in [0.15, 0.2) is 29.0 Å². The SMILES string of the molecule is CC(=O)N(CCc1noc(CC(C)C)n1)C1CCN(C(=O)Cc2ccncc2)C1. The fourth-order valence-electron chi connectivity index (χ4n) is 3.65. The Bertz CT molecular complexity index is 821. The zero-order chi connectivity index (χ0) is 20.8. The third-order valence-corrected chi connectivity index (χ3v) is 5.14. The first-order chi connectivity index (χ1) is 13.9. The lowest BCUT2D eigenvalue weighted by Crippen LogP contribution is -2.43. The van der Waals surface area contributed by atoms with Crippen LogP contribution in [0.1, 0.15) is 44.5 Å². The van der Waals surface area contributed by atoms with E-state index in [-0.39, 0.29) is 17.9 Å². The Balaban J connectivity index is 1.54. The van der Waals surface area contributed by atoms with Gasteiger partial charge in [0.1, 0.15) is 0 Å². The van der Waals surface area contributed by atoms with Gasteiger partial charge in [0, 0.05) is 51.8 Å². The minimum absolute atomic E-state index is 0.00401. The minimum atomic E-state index is 0.00401. The molecule has 29 heavy (non-hydrogen) atoms. The maximum absolute atomic E-state index is 12.6. The van der Waals surface area contributed by atoms with Gasteiger partial charge < -0.3 is 14.3 Å². The summed E-state index contributed by atoms with van der Waals surface area (Å²) in [6, 6.07) is 3.73. The van der Waals surface area contributed by atoms with E-state index < -0.39 is 0 Å². The normalized spacial score (nSPS) is 16.4. The molecule has 156 valence electrons. The van der Waals surface area contributed by atoms with Crippen LogP contribution >= 0.6 is 0 Å². The molecule has 1 aliphatic heterocycles. The van der Waals surface area contributed by atoms with Gasteiger partial charge >= 0.3 is 0 Å². The van der Waals surface area contributed by atoms with Crippen LogP contribution in [0.25, 0.3) is 0 Å². The van der Waals surface area contributed by atoms with Crippen LogP contribution in [-0.2, 0) is 28.9 Å². The standard InChI is InChI=1S/C21H29N5O3/c1-15(2)12-20-23-19(24-29-20)7-11-26(16(3)27)18-6-10-25(14-18)21(28)13-17-4-8-22-9-5-17/h4-5,8-9,15,18H,6-7,10-14H2,1-3H3. The highest BCUT2D eigenvalue weighted by Crippen LogP contribution is 2.18. The number of likely N-dealkylation sites (tertiary alicyclic amines) is 1. The van der Waals surface area contributed by atoms with E-state index >= 15 is 0 Å². The Morgan fingerprint density at radius 1 is 1.31 bits per heavy atom. The topological polar surface area (TPSA) is 92.4 Å². The monoisotopic (exact) mass is 399 g/mol. The zero-order valence-electron chi connectivity index (χ0n) is 17.4. The third-order valence-electron chi connectivity index (χ3n) is 5.14. The Morgan fingerprint density at radius 2 is 2.07 bits per heavy atom. The molecular formula is C21H29N5O3. The lowest BCUT2D eigenvalue weighted by molar-refractivity contribution is -0.133. The molecule has 0 saturated carbocycles. The number of nitrogens with zero attached hydrogens (tertiary/aromatic N) is 5. The molecule has 1 unspecified atom stereocenters. The van der Waals surface area contributed by atoms with Gasteiger partial charge in [0.15, 0.2) is 5.82 Å². The first-order valence-corrected chi connectivity index (χ1v) is 10.2. The number of pyridine rings is 1. The summed E-state index contributed by atoms with van der Waals surface area (Å²) in [5.41, 5.74) is 0.950. The number of rotatable bonds is 8. The molecule has 0 radical (unpaired) electrons. The van der Waals surface area contributed by atoms with Crippen molar-refractivity contribution in [1.29, 1.82) is 0 Å². The smallest absolute Gasteiger partial charge is 0.227 e. The van der Waals surface area contributed by atoms with Gasteiger partial charge in [-0.25, -0.2) is 0 Å². The molecule has 0 N–H and O–H groups in total. The summed E-state index contributed by atoms with van der Waals surface area (Å²) in [5.74, 6) is 1.79. The predicted octanol–water partition coefficient (Wildman–Crippen LogP) is 1.90. The van der Waals surface area contributed by atoms with Crippen molar-refractivity contribution >= 4 is 11.8 Å². The molecule has 1 saturated heterocycles. The van der Waals surface area contributed by atoms with Gasteiger partial charge in [0.2, 0.25) is 17.7 Å². The molecule has 0 bridgehead atoms. The van der Waals surface area contributed by atoms with Gasteiger partial charge in [-0.1, -0.05) is 19.0 Å². The Labute approximate surface area is 171 Å². The van der Waals surface area contributed by atoms with E-state index in [1.165, 1.54) is 0 Å². The van der Waals surface area contributed by atoms with Crippen molar-refractivity contribution in [1.82, 2.24) is 24.9 Å². The molecule has 1 fully saturated rings. The lowest BCUT2D eigenvalue weighted by atomic mass is 10.1. The zero-order valence-corrected chi connectivity index (χ0v) is 17.4. The number of amides is 2. The number of carbonyl (C=O) groups is 2. The van der Waals surface area contributed by atoms with Crippen LogP contribution in [0.3, 0.4) is 0 Å². The largest absolute Gasteiger partial charge is 0.340 e. The van der Waals surface area contributed by atoms with Crippen molar-refractivity contribution in [2.24, 2.45) is 5.92 Å². The highest BCUT2D eigenvalue weighted by atomic mass is 16.5. The quantitative estimate of drug-likeness (QED) is 0.673. The second-order valence-corrected chi connectivity index (χ2v) is 7.98. The van der Waals surface area contributed by atoms with Gasteiger partial charge in [0.05, 0.1) is 12.5 Å². The maximum Gasteiger partial charge on any atom is 0.227 e. The lowest BCUT2D eigenvalue weighted by Gasteiger charge is -2.27. The summed E-state index contributed by atoms with van der Waals surface area (Å²) in [5, 5.41) is 4.02. The molecular weight excluding hydrogens is 370 g/mol. The van der Waals surface area contributed by atoms with E-state index in [9.17, 15) is 9.59 Å². The average Bonchev–Trinajstić information content (AvgIpc) is 3.32. The van der Waals surface area contributed by atoms with Gasteiger partial charge in [-0.05, 0) is 30.0 Å². The number of hydrogen-bond acceptors (Lipinski definition) is 6. The molecule has 3 heterocycles. The van der Waals surface area contributed by atoms with Gasteiger partial charge in [-0.15, -0.1) is 0 Å². The van der Waals surface area contributed by atoms with Crippen LogP contribution in [-0.4, -0.2) is 62.4 Å². The highest BCUT2D eigenvalue weighted by molar-refractivity contribution is 5.79. The van der Waals surface area contributed by atoms with E-state index in [1.807, 2.05) is 21.9 Å². The van der Waals surface area contributed by atoms with Crippen LogP contribution in [0.5, 0.6) is 0 Å². The van der Waals surface area contributed by atoms with E-state index in [0.717, 1.165) is 18.4 Å². The van der Waals surface area contributed by atoms with Crippen LogP contribution in [0, 0.1) is 5.92 Å². The summed E-state index contributed by atoms with van der Waals surface area (Å²) in [4.78, 5) is 36.9. The first-order valence-electron chi connectivity index (χ1n) is 10.2. The highest BCUT2D eigenvalue weighted by Gasteiger charge is 2.31. The molecule has 2 amide bonds. The van der Waals surface area contributed by atoms with Crippen molar-refractivity contribution in [3.8, 4) is 0 Å². The molecule has 8 nitrogen and oxygen atoms in total. The fraction of sp³-hybridized carbons (Fsp3) is 0.571. The van der Waals surface area contributed by atoms with Gasteiger partial charge in [0.25, 0.3) is 0 Å². The third kappa shape index (κ3) is 5.85. The van der Waals surface area contributed by atoms with Crippen molar-refractivity contribution in [3.63, 3.8) is 0 Å². The fourth-order valence-corrected chi connectivity index (χ4v) is 3.65. The Kier molecular flexibility index (Phi) is 6.95. The van der Waals surface area contributed by atoms with Crippen molar-refractivity contribution < 1.29 is 14.1 Å². The van der Waals surface area contributed by atoms with Crippen LogP contribution in [0.4, 0.5) is 0 Å². The molecule has 3 rings (SSSR count). The van der Waals surface area contributed by atoms with E-state index in [1.54, 1.807) is 19.3 Å². The number of hydrogen-bond donors (Lipinski definition) is 0. The molecule has 8 heteroatoms. The van der Waals surface area contributed by atoms with E-state index in [4.69, 9.17) is 4.52 Å². The van der Waals surface area contributed by atoms with E-state index in [0.29, 0.717) is 50.1 Å². The van der Waals surface area contributed by atoms with Crippen molar-refractivity contribution in [3.05, 3.63) is 41.8 Å². The molecule has 2 aromatic rings. The summed E-state index contributed by atoms with van der Waals surface area (Å²) in [7, 11) is 0. The molecule has 0 aliphatic carbocycles. The summed E-state index contributed by atoms with van der Waals surface area (Å²) in [6.07, 6.45) is 5.82. The molecule has 1 aliphatic rings. The van der Waals surface area contributed by atoms with Crippen molar-refractivity contribution in [2.75, 3.05) is 19.6 Å². The number of aromatic nitrogens is 3. The molecule has 1 atom stereocenters. The van der Waals surface area contributed by atoms with E-state index in [2.05, 4.69) is 29.0 Å². The minimum Gasteiger partial charge on any atom is -0.340 e. The van der Waals surface area contributed by atoms with Gasteiger partial charge in [-0.3, -0.25) is 14.6 Å². The summed E-state index contributed by atoms with van der Waals surface area (Å²) < 4.78 is 5.28. The molecule has 0 aromatic carbocycles. The second-order valence-electron chi connectivity index (χ2n) is 7.98. The van der Waals surface area contributed by atoms with Crippen LogP contribution < -0.4 is 0 Å². The Morgan fingerprint density at radius 3 is 2.76 bits per heavy atom. The number of carbonyl (C=O) groups excluding carboxylic acids is 2. The van der Waals surface area contributed by atoms with Crippen molar-refractivity contribution in [2.45, 2.75) is 52.5 Å². The predicted molar refractivity (Wildman–Crippen MR) is 107 cm³/mol. The van der Waals surface area contributed by atoms with Crippen LogP contribution in [0.2, 0.25) is 0 Å².